The van der Waals surface area contributed by atoms with Gasteiger partial charge in [0.1, 0.15) is 0 Å². The molecule has 0 aromatic heterocycles. The predicted octanol–water partition coefficient (Wildman–Crippen LogP) is 3.28. The number of guanidine groups is 1. The van der Waals surface area contributed by atoms with Gasteiger partial charge in [-0.25, -0.2) is 0 Å². The maximum absolute atomic E-state index is 6.53. The summed E-state index contributed by atoms with van der Waals surface area (Å²) >= 11 is 6.53. The molecule has 1 heterocycles. The van der Waals surface area contributed by atoms with Crippen LogP contribution in [-0.4, -0.2) is 82.5 Å². The van der Waals surface area contributed by atoms with Gasteiger partial charge in [-0.3, -0.25) is 9.89 Å². The van der Waals surface area contributed by atoms with Crippen LogP contribution in [0.5, 0.6) is 0 Å². The Labute approximate surface area is 181 Å². The van der Waals surface area contributed by atoms with Crippen LogP contribution in [-0.2, 0) is 9.47 Å². The maximum Gasteiger partial charge on any atom is 0.193 e. The number of likely N-dealkylation sites (N-methyl/N-ethyl adjacent to an activating group) is 1. The molecule has 6 nitrogen and oxygen atoms in total. The molecule has 0 aliphatic carbocycles. The highest BCUT2D eigenvalue weighted by Crippen LogP contribution is 2.27. The summed E-state index contributed by atoms with van der Waals surface area (Å²) in [5.41, 5.74) is 1.16. The number of hydrogen-bond donors (Lipinski definition) is 1. The number of aliphatic imine (C=N–C) groups is 1. The Balaban J connectivity index is 1.96. The minimum Gasteiger partial charge on any atom is -0.382 e. The van der Waals surface area contributed by atoms with Crippen molar-refractivity contribution in [2.24, 2.45) is 10.9 Å². The van der Waals surface area contributed by atoms with Crippen molar-refractivity contribution in [3.8, 4) is 0 Å². The number of hydrogen-bond acceptors (Lipinski definition) is 4. The minimum atomic E-state index is 0.200. The molecule has 0 radical (unpaired) electrons. The first kappa shape index (κ1) is 23.9. The van der Waals surface area contributed by atoms with Crippen LogP contribution in [0.4, 0.5) is 0 Å². The molecule has 0 saturated carbocycles. The highest BCUT2D eigenvalue weighted by molar-refractivity contribution is 6.31. The summed E-state index contributed by atoms with van der Waals surface area (Å²) < 4.78 is 10.8. The van der Waals surface area contributed by atoms with E-state index in [1.165, 1.54) is 0 Å². The second kappa shape index (κ2) is 13.1. The standard InChI is InChI=1S/C22H37ClN4O2/c1-5-26(6-2)21(19-9-7-8-10-20(19)23)15-25-22(24-3)27-12-11-18(16-27)17-29-14-13-28-4/h7-10,18,21H,5-6,11-17H2,1-4H3,(H,24,25). The van der Waals surface area contributed by atoms with Crippen LogP contribution < -0.4 is 5.32 Å². The molecule has 1 aromatic carbocycles. The van der Waals surface area contributed by atoms with Gasteiger partial charge >= 0.3 is 0 Å². The lowest BCUT2D eigenvalue weighted by molar-refractivity contribution is 0.0536. The Hall–Kier alpha value is -1.34. The number of rotatable bonds is 11. The summed E-state index contributed by atoms with van der Waals surface area (Å²) in [4.78, 5) is 9.29. The molecule has 2 atom stereocenters. The van der Waals surface area contributed by atoms with E-state index in [9.17, 15) is 0 Å². The second-order valence-corrected chi connectivity index (χ2v) is 7.76. The minimum absolute atomic E-state index is 0.200. The molecule has 2 unspecified atom stereocenters. The molecule has 1 saturated heterocycles. The lowest BCUT2D eigenvalue weighted by Gasteiger charge is -2.32. The van der Waals surface area contributed by atoms with Crippen molar-refractivity contribution in [1.82, 2.24) is 15.1 Å². The molecule has 1 N–H and O–H groups in total. The molecule has 1 aliphatic rings. The molecule has 0 bridgehead atoms. The van der Waals surface area contributed by atoms with E-state index in [-0.39, 0.29) is 6.04 Å². The smallest absolute Gasteiger partial charge is 0.193 e. The molecule has 0 amide bonds. The van der Waals surface area contributed by atoms with Gasteiger partial charge in [-0.15, -0.1) is 0 Å². The summed E-state index contributed by atoms with van der Waals surface area (Å²) in [6, 6.07) is 8.33. The monoisotopic (exact) mass is 424 g/mol. The Kier molecular flexibility index (Phi) is 10.8. The summed E-state index contributed by atoms with van der Waals surface area (Å²) in [5.74, 6) is 1.49. The SMILES string of the molecule is CCN(CC)C(CNC(=NC)N1CCC(COCCOC)C1)c1ccccc1Cl. The first-order valence-corrected chi connectivity index (χ1v) is 11.0. The third-order valence-electron chi connectivity index (χ3n) is 5.55. The van der Waals surface area contributed by atoms with E-state index in [1.807, 2.05) is 19.2 Å². The van der Waals surface area contributed by atoms with Gasteiger partial charge in [0.25, 0.3) is 0 Å². The number of halogens is 1. The van der Waals surface area contributed by atoms with E-state index in [0.29, 0.717) is 19.1 Å². The Morgan fingerprint density at radius 1 is 1.31 bits per heavy atom. The van der Waals surface area contributed by atoms with Crippen molar-refractivity contribution in [1.29, 1.82) is 0 Å². The summed E-state index contributed by atoms with van der Waals surface area (Å²) in [6.45, 7) is 11.1. The average molecular weight is 425 g/mol. The second-order valence-electron chi connectivity index (χ2n) is 7.36. The van der Waals surface area contributed by atoms with Gasteiger partial charge in [0.2, 0.25) is 0 Å². The predicted molar refractivity (Wildman–Crippen MR) is 121 cm³/mol. The van der Waals surface area contributed by atoms with Gasteiger partial charge < -0.3 is 19.7 Å². The van der Waals surface area contributed by atoms with Crippen LogP contribution in [0.25, 0.3) is 0 Å². The van der Waals surface area contributed by atoms with Crippen molar-refractivity contribution in [3.05, 3.63) is 34.9 Å². The molecule has 164 valence electrons. The molecule has 1 aromatic rings. The van der Waals surface area contributed by atoms with Crippen LogP contribution in [0.2, 0.25) is 5.02 Å². The molecular formula is C22H37ClN4O2. The van der Waals surface area contributed by atoms with Gasteiger partial charge in [0.15, 0.2) is 5.96 Å². The number of benzene rings is 1. The van der Waals surface area contributed by atoms with E-state index in [2.05, 4.69) is 46.1 Å². The molecule has 7 heteroatoms. The van der Waals surface area contributed by atoms with Gasteiger partial charge in [0.05, 0.1) is 25.9 Å². The van der Waals surface area contributed by atoms with E-state index in [1.54, 1.807) is 7.11 Å². The van der Waals surface area contributed by atoms with E-state index < -0.39 is 0 Å². The van der Waals surface area contributed by atoms with Gasteiger partial charge in [-0.05, 0) is 31.1 Å². The molecular weight excluding hydrogens is 388 g/mol. The van der Waals surface area contributed by atoms with Crippen LogP contribution >= 0.6 is 11.6 Å². The number of methoxy groups -OCH3 is 1. The van der Waals surface area contributed by atoms with Crippen LogP contribution in [0.3, 0.4) is 0 Å². The van der Waals surface area contributed by atoms with Crippen molar-refractivity contribution in [2.45, 2.75) is 26.3 Å². The number of ether oxygens (including phenoxy) is 2. The number of nitrogens with zero attached hydrogens (tertiary/aromatic N) is 3. The van der Waals surface area contributed by atoms with Crippen molar-refractivity contribution in [3.63, 3.8) is 0 Å². The topological polar surface area (TPSA) is 49.3 Å². The van der Waals surface area contributed by atoms with Crippen LogP contribution in [0, 0.1) is 5.92 Å². The third-order valence-corrected chi connectivity index (χ3v) is 5.90. The molecule has 2 rings (SSSR count). The Morgan fingerprint density at radius 3 is 2.72 bits per heavy atom. The lowest BCUT2D eigenvalue weighted by Crippen LogP contribution is -2.44. The van der Waals surface area contributed by atoms with Crippen LogP contribution in [0.15, 0.2) is 29.3 Å². The zero-order chi connectivity index (χ0) is 21.1. The lowest BCUT2D eigenvalue weighted by atomic mass is 10.0. The fourth-order valence-electron chi connectivity index (χ4n) is 3.92. The van der Waals surface area contributed by atoms with E-state index in [4.69, 9.17) is 21.1 Å². The zero-order valence-electron chi connectivity index (χ0n) is 18.4. The fourth-order valence-corrected chi connectivity index (χ4v) is 4.18. The molecule has 0 spiro atoms. The quantitative estimate of drug-likeness (QED) is 0.335. The van der Waals surface area contributed by atoms with Crippen molar-refractivity contribution < 1.29 is 9.47 Å². The highest BCUT2D eigenvalue weighted by Gasteiger charge is 2.26. The van der Waals surface area contributed by atoms with Gasteiger partial charge in [-0.1, -0.05) is 43.6 Å². The summed E-state index contributed by atoms with van der Waals surface area (Å²) in [6.07, 6.45) is 1.12. The first-order valence-electron chi connectivity index (χ1n) is 10.6. The largest absolute Gasteiger partial charge is 0.382 e. The summed E-state index contributed by atoms with van der Waals surface area (Å²) in [7, 11) is 3.55. The Morgan fingerprint density at radius 2 is 2.07 bits per heavy atom. The average Bonchev–Trinajstić information content (AvgIpc) is 3.20. The fraction of sp³-hybridized carbons (Fsp3) is 0.682. The molecule has 1 fully saturated rings. The van der Waals surface area contributed by atoms with Gasteiger partial charge in [0, 0.05) is 44.7 Å². The summed E-state index contributed by atoms with van der Waals surface area (Å²) in [5, 5.41) is 4.41. The third kappa shape index (κ3) is 7.14. The number of nitrogens with one attached hydrogen (secondary N) is 1. The van der Waals surface area contributed by atoms with E-state index >= 15 is 0 Å². The Bertz CT molecular complexity index is 625. The van der Waals surface area contributed by atoms with Crippen molar-refractivity contribution >= 4 is 17.6 Å². The normalized spacial score (nSPS) is 18.5. The highest BCUT2D eigenvalue weighted by atomic mass is 35.5. The van der Waals surface area contributed by atoms with E-state index in [0.717, 1.165) is 62.3 Å². The molecule has 29 heavy (non-hydrogen) atoms. The number of likely N-dealkylation sites (tertiary alicyclic amines) is 1. The maximum atomic E-state index is 6.53. The molecule has 1 aliphatic heterocycles. The van der Waals surface area contributed by atoms with Crippen molar-refractivity contribution in [2.75, 3.05) is 66.7 Å². The van der Waals surface area contributed by atoms with Gasteiger partial charge in [-0.2, -0.15) is 0 Å². The zero-order valence-corrected chi connectivity index (χ0v) is 19.1. The van der Waals surface area contributed by atoms with Crippen LogP contribution in [0.1, 0.15) is 31.9 Å². The first-order chi connectivity index (χ1) is 14.1.